The zero-order valence-electron chi connectivity index (χ0n) is 25.8. The highest BCUT2D eigenvalue weighted by atomic mass is 31.2. The van der Waals surface area contributed by atoms with E-state index >= 15 is 0 Å². The van der Waals surface area contributed by atoms with Gasteiger partial charge in [0.1, 0.15) is 36.6 Å². The molecule has 0 amide bonds. The van der Waals surface area contributed by atoms with Crippen molar-refractivity contribution < 1.29 is 33.3 Å². The van der Waals surface area contributed by atoms with E-state index in [2.05, 4.69) is 24.8 Å². The number of nitrogen functional groups attached to an aromatic ring is 2. The number of nitrogens with two attached hydrogens (primary N) is 2. The maximum Gasteiger partial charge on any atom is 0.408 e. The molecule has 7 N–H and O–H groups in total. The number of aliphatic hydroxyl groups is 2. The Morgan fingerprint density at radius 1 is 1.11 bits per heavy atom. The molecule has 19 nitrogen and oxygen atoms in total. The Kier molecular flexibility index (Phi) is 10.6. The zero-order valence-corrected chi connectivity index (χ0v) is 26.7. The maximum absolute atomic E-state index is 14.5. The first-order valence-corrected chi connectivity index (χ1v) is 16.5. The van der Waals surface area contributed by atoms with Gasteiger partial charge in [0.2, 0.25) is 5.95 Å². The molecule has 5 heterocycles. The highest BCUT2D eigenvalue weighted by molar-refractivity contribution is 7.51. The maximum atomic E-state index is 14.5. The van der Waals surface area contributed by atoms with Crippen LogP contribution in [0.25, 0.3) is 11.2 Å². The fraction of sp³-hybridized carbons (Fsp3) is 0.654. The quantitative estimate of drug-likeness (QED) is 0.133. The second-order valence-electron chi connectivity index (χ2n) is 11.1. The van der Waals surface area contributed by atoms with Crippen LogP contribution in [0.15, 0.2) is 28.2 Å². The minimum atomic E-state index is -4.13. The normalized spacial score (nSPS) is 26.4. The molecule has 46 heavy (non-hydrogen) atoms. The van der Waals surface area contributed by atoms with E-state index in [-0.39, 0.29) is 42.4 Å². The number of rotatable bonds is 14. The van der Waals surface area contributed by atoms with Crippen molar-refractivity contribution in [3.05, 3.63) is 39.4 Å². The Balaban J connectivity index is 1.34. The van der Waals surface area contributed by atoms with E-state index in [0.717, 1.165) is 13.1 Å². The standard InChI is InChI=1S/C26H41N10O9P/c1-4-34(5-2)9-8-33(3)46(41,42-13-18-15(38)10-20(44-18)35-7-6-19(27)30-26(35)40)45-16-11-21(43-17(16)12-37)36-14-29-22-23(36)31-25(28)32-24(22)39/h6-7,14-18,20-21,37-38H,4-5,8-13H2,1-3H3,(H2,27,30,40)(H3,28,31,32,39)/t15-,16-,17+,18+,20+,21+,46?/m0/s1. The van der Waals surface area contributed by atoms with Gasteiger partial charge in [0.05, 0.1) is 25.6 Å². The number of hydrogen-bond donors (Lipinski definition) is 5. The van der Waals surface area contributed by atoms with Gasteiger partial charge in [-0.1, -0.05) is 13.8 Å². The lowest BCUT2D eigenvalue weighted by molar-refractivity contribution is -0.0547. The van der Waals surface area contributed by atoms with Crippen LogP contribution in [0.3, 0.4) is 0 Å². The van der Waals surface area contributed by atoms with E-state index in [4.69, 9.17) is 30.0 Å². The number of ether oxygens (including phenoxy) is 2. The third-order valence-corrected chi connectivity index (χ3v) is 10.3. The van der Waals surface area contributed by atoms with Crippen LogP contribution in [0.5, 0.6) is 0 Å². The van der Waals surface area contributed by atoms with Gasteiger partial charge in [-0.3, -0.25) is 28.0 Å². The van der Waals surface area contributed by atoms with Gasteiger partial charge in [-0.05, 0) is 26.2 Å². The number of anilines is 2. The number of aliphatic hydroxyl groups excluding tert-OH is 2. The molecular formula is C26H41N10O9P. The highest BCUT2D eigenvalue weighted by Gasteiger charge is 2.45. The summed E-state index contributed by atoms with van der Waals surface area (Å²) in [6.07, 6.45) is -2.51. The molecule has 3 aromatic rings. The number of H-pyrrole nitrogens is 1. The molecule has 0 radical (unpaired) electrons. The summed E-state index contributed by atoms with van der Waals surface area (Å²) in [4.78, 5) is 41.1. The van der Waals surface area contributed by atoms with Gasteiger partial charge in [0, 0.05) is 32.1 Å². The molecule has 0 aromatic carbocycles. The molecular weight excluding hydrogens is 627 g/mol. The van der Waals surface area contributed by atoms with E-state index in [1.165, 1.54) is 32.4 Å². The van der Waals surface area contributed by atoms with Crippen LogP contribution in [-0.4, -0.2) is 120 Å². The van der Waals surface area contributed by atoms with Crippen LogP contribution in [0, 0.1) is 0 Å². The van der Waals surface area contributed by atoms with E-state index in [1.807, 2.05) is 13.8 Å². The van der Waals surface area contributed by atoms with Crippen molar-refractivity contribution in [1.29, 1.82) is 0 Å². The molecule has 0 spiro atoms. The SMILES string of the molecule is CCN(CC)CCN(C)P(=O)(OC[C@H]1O[C@@H](n2ccc(N)nc2=O)C[C@@H]1O)O[C@H]1C[C@H](n2cnc3c(=O)[nH]c(N)nc32)O[C@@H]1CO. The lowest BCUT2D eigenvalue weighted by Crippen LogP contribution is -2.36. The monoisotopic (exact) mass is 668 g/mol. The molecule has 0 bridgehead atoms. The van der Waals surface area contributed by atoms with E-state index in [0.29, 0.717) is 13.1 Å². The van der Waals surface area contributed by atoms with Crippen LogP contribution in [0.2, 0.25) is 0 Å². The Labute approximate surface area is 263 Å². The Morgan fingerprint density at radius 2 is 1.83 bits per heavy atom. The van der Waals surface area contributed by atoms with Crippen LogP contribution in [0.4, 0.5) is 11.8 Å². The molecule has 20 heteroatoms. The zero-order chi connectivity index (χ0) is 33.2. The second kappa shape index (κ2) is 14.2. The van der Waals surface area contributed by atoms with E-state index in [1.54, 1.807) is 7.05 Å². The number of imidazole rings is 1. The van der Waals surface area contributed by atoms with Gasteiger partial charge < -0.3 is 36.1 Å². The third-order valence-electron chi connectivity index (χ3n) is 8.21. The van der Waals surface area contributed by atoms with E-state index in [9.17, 15) is 24.4 Å². The van der Waals surface area contributed by atoms with Crippen molar-refractivity contribution >= 4 is 30.7 Å². The number of fused-ring (bicyclic) bond motifs is 1. The van der Waals surface area contributed by atoms with E-state index < -0.39 is 62.5 Å². The van der Waals surface area contributed by atoms with Gasteiger partial charge in [-0.2, -0.15) is 9.97 Å². The average Bonchev–Trinajstić information content (AvgIpc) is 3.73. The molecule has 0 saturated carbocycles. The van der Waals surface area contributed by atoms with Crippen molar-refractivity contribution in [3.63, 3.8) is 0 Å². The lowest BCUT2D eigenvalue weighted by atomic mass is 10.2. The van der Waals surface area contributed by atoms with Crippen molar-refractivity contribution in [3.8, 4) is 0 Å². The Morgan fingerprint density at radius 3 is 2.52 bits per heavy atom. The summed E-state index contributed by atoms with van der Waals surface area (Å²) >= 11 is 0. The van der Waals surface area contributed by atoms with Crippen molar-refractivity contribution in [2.75, 3.05) is 57.9 Å². The molecule has 2 saturated heterocycles. The van der Waals surface area contributed by atoms with Gasteiger partial charge in [-0.15, -0.1) is 0 Å². The van der Waals surface area contributed by atoms with Gasteiger partial charge >= 0.3 is 13.4 Å². The van der Waals surface area contributed by atoms with Gasteiger partial charge in [-0.25, -0.2) is 19.0 Å². The average molecular weight is 669 g/mol. The third kappa shape index (κ3) is 7.17. The summed E-state index contributed by atoms with van der Waals surface area (Å²) in [5.41, 5.74) is 10.4. The minimum Gasteiger partial charge on any atom is -0.394 e. The number of nitrogens with one attached hydrogen (secondary N) is 1. The molecule has 2 fully saturated rings. The molecule has 5 rings (SSSR count). The first-order chi connectivity index (χ1) is 22.0. The fourth-order valence-corrected chi connectivity index (χ4v) is 7.13. The number of aromatic amines is 1. The minimum absolute atomic E-state index is 0.0540. The van der Waals surface area contributed by atoms with Crippen molar-refractivity contribution in [1.82, 2.24) is 38.6 Å². The van der Waals surface area contributed by atoms with Crippen molar-refractivity contribution in [2.45, 2.75) is 63.6 Å². The molecule has 3 aromatic heterocycles. The number of nitrogens with zero attached hydrogens (tertiary/aromatic N) is 7. The highest BCUT2D eigenvalue weighted by Crippen LogP contribution is 2.55. The van der Waals surface area contributed by atoms with Crippen molar-refractivity contribution in [2.24, 2.45) is 0 Å². The first kappa shape index (κ1) is 34.1. The summed E-state index contributed by atoms with van der Waals surface area (Å²) in [6.45, 7) is 5.67. The second-order valence-corrected chi connectivity index (χ2v) is 13.2. The number of likely N-dealkylation sites (N-methyl/N-ethyl adjacent to an activating group) is 2. The lowest BCUT2D eigenvalue weighted by Gasteiger charge is -2.32. The molecule has 7 atom stereocenters. The molecule has 1 unspecified atom stereocenters. The molecule has 2 aliphatic heterocycles. The van der Waals surface area contributed by atoms with Gasteiger partial charge in [0.25, 0.3) is 5.56 Å². The predicted octanol–water partition coefficient (Wildman–Crippen LogP) is -0.747. The summed E-state index contributed by atoms with van der Waals surface area (Å²) < 4.78 is 42.8. The molecule has 254 valence electrons. The Bertz CT molecular complexity index is 1660. The summed E-state index contributed by atoms with van der Waals surface area (Å²) in [5.74, 6) is -0.0484. The topological polar surface area (TPSA) is 251 Å². The van der Waals surface area contributed by atoms with Crippen LogP contribution < -0.4 is 22.7 Å². The largest absolute Gasteiger partial charge is 0.408 e. The molecule has 0 aliphatic carbocycles. The smallest absolute Gasteiger partial charge is 0.394 e. The van der Waals surface area contributed by atoms with Crippen LogP contribution in [-0.2, 0) is 23.1 Å². The summed E-state index contributed by atoms with van der Waals surface area (Å²) in [6, 6.07) is 1.44. The predicted molar refractivity (Wildman–Crippen MR) is 164 cm³/mol. The summed E-state index contributed by atoms with van der Waals surface area (Å²) in [5, 5.41) is 20.9. The van der Waals surface area contributed by atoms with Crippen LogP contribution in [0.1, 0.15) is 39.1 Å². The number of aromatic nitrogens is 6. The Hall–Kier alpha value is -3.26. The van der Waals surface area contributed by atoms with Gasteiger partial charge in [0.15, 0.2) is 11.2 Å². The summed E-state index contributed by atoms with van der Waals surface area (Å²) in [7, 11) is -2.53. The molecule has 2 aliphatic rings. The number of hydrogen-bond acceptors (Lipinski definition) is 15. The van der Waals surface area contributed by atoms with Crippen LogP contribution >= 0.6 is 7.75 Å². The fourth-order valence-electron chi connectivity index (χ4n) is 5.48. The first-order valence-electron chi connectivity index (χ1n) is 15.0.